The number of likely N-dealkylation sites (N-methyl/N-ethyl adjacent to an activating group) is 1. The van der Waals surface area contributed by atoms with Crippen LogP contribution >= 0.6 is 0 Å². The Balaban J connectivity index is 1.81. The van der Waals surface area contributed by atoms with E-state index in [2.05, 4.69) is 0 Å². The Bertz CT molecular complexity index is 1030. The van der Waals surface area contributed by atoms with Gasteiger partial charge in [0.1, 0.15) is 11.5 Å². The molecule has 1 N–H and O–H groups in total. The number of fused-ring (bicyclic) bond motifs is 1. The molecule has 1 amide bonds. The van der Waals surface area contributed by atoms with E-state index in [-0.39, 0.29) is 24.2 Å². The molecule has 7 heteroatoms. The molecule has 2 heterocycles. The van der Waals surface area contributed by atoms with Gasteiger partial charge in [-0.05, 0) is 49.7 Å². The van der Waals surface area contributed by atoms with E-state index in [0.29, 0.717) is 28.4 Å². The Kier molecular flexibility index (Phi) is 4.66. The molecular weight excluding hydrogens is 374 g/mol. The lowest BCUT2D eigenvalue weighted by molar-refractivity contribution is -0.139. The highest BCUT2D eigenvalue weighted by Crippen LogP contribution is 2.41. The summed E-state index contributed by atoms with van der Waals surface area (Å²) in [4.78, 5) is 26.5. The lowest BCUT2D eigenvalue weighted by atomic mass is 9.95. The normalized spacial score (nSPS) is 19.9. The van der Waals surface area contributed by atoms with Gasteiger partial charge in [-0.25, -0.2) is 0 Å². The topological polar surface area (TPSA) is 85.3 Å². The van der Waals surface area contributed by atoms with Gasteiger partial charge in [-0.1, -0.05) is 12.1 Å². The van der Waals surface area contributed by atoms with Gasteiger partial charge in [0.2, 0.25) is 6.79 Å². The minimum Gasteiger partial charge on any atom is -0.507 e. The molecule has 7 nitrogen and oxygen atoms in total. The molecule has 0 saturated carbocycles. The number of carbonyl (C=O) groups excluding carboxylic acids is 2. The van der Waals surface area contributed by atoms with Crippen molar-refractivity contribution in [1.82, 2.24) is 4.90 Å². The Morgan fingerprint density at radius 2 is 1.90 bits per heavy atom. The van der Waals surface area contributed by atoms with Crippen LogP contribution < -0.4 is 14.2 Å². The summed E-state index contributed by atoms with van der Waals surface area (Å²) in [6, 6.07) is 11.3. The summed E-state index contributed by atoms with van der Waals surface area (Å²) < 4.78 is 16.4. The Morgan fingerprint density at radius 1 is 1.14 bits per heavy atom. The van der Waals surface area contributed by atoms with E-state index in [1.807, 2.05) is 19.9 Å². The van der Waals surface area contributed by atoms with E-state index in [1.165, 1.54) is 4.90 Å². The van der Waals surface area contributed by atoms with E-state index < -0.39 is 17.7 Å². The molecule has 1 unspecified atom stereocenters. The smallest absolute Gasteiger partial charge is 0.295 e. The van der Waals surface area contributed by atoms with Gasteiger partial charge in [-0.3, -0.25) is 9.59 Å². The number of carbonyl (C=O) groups is 2. The maximum atomic E-state index is 12.7. The molecule has 1 saturated heterocycles. The number of aliphatic hydroxyl groups excluding tert-OH is 1. The lowest BCUT2D eigenvalue weighted by Gasteiger charge is -2.22. The van der Waals surface area contributed by atoms with Crippen molar-refractivity contribution in [1.29, 1.82) is 0 Å². The van der Waals surface area contributed by atoms with Gasteiger partial charge in [0.25, 0.3) is 11.7 Å². The van der Waals surface area contributed by atoms with Crippen LogP contribution in [0.4, 0.5) is 0 Å². The number of benzene rings is 2. The first-order valence-electron chi connectivity index (χ1n) is 9.28. The second-order valence-corrected chi connectivity index (χ2v) is 7.22. The predicted octanol–water partition coefficient (Wildman–Crippen LogP) is 3.25. The molecule has 2 aromatic carbocycles. The SMILES string of the molecule is CC(C)Oc1cccc(C2/C(=C(\O)c3ccc4c(c3)OCO4)C(=O)C(=O)N2C)c1. The van der Waals surface area contributed by atoms with Crippen molar-refractivity contribution in [3.63, 3.8) is 0 Å². The van der Waals surface area contributed by atoms with E-state index in [1.54, 1.807) is 43.4 Å². The average Bonchev–Trinajstić information content (AvgIpc) is 3.25. The highest BCUT2D eigenvalue weighted by atomic mass is 16.7. The number of rotatable bonds is 4. The van der Waals surface area contributed by atoms with Crippen molar-refractivity contribution in [3.05, 3.63) is 59.2 Å². The van der Waals surface area contributed by atoms with Crippen LogP contribution in [0, 0.1) is 0 Å². The van der Waals surface area contributed by atoms with E-state index >= 15 is 0 Å². The Hall–Kier alpha value is -3.48. The second-order valence-electron chi connectivity index (χ2n) is 7.22. The van der Waals surface area contributed by atoms with Crippen LogP contribution in [0.15, 0.2) is 48.0 Å². The highest BCUT2D eigenvalue weighted by Gasteiger charge is 2.44. The van der Waals surface area contributed by atoms with Gasteiger partial charge in [0.15, 0.2) is 11.5 Å². The molecule has 0 bridgehead atoms. The largest absolute Gasteiger partial charge is 0.507 e. The third-order valence-electron chi connectivity index (χ3n) is 4.87. The maximum Gasteiger partial charge on any atom is 0.295 e. The number of hydrogen-bond acceptors (Lipinski definition) is 6. The van der Waals surface area contributed by atoms with Crippen LogP contribution in [-0.4, -0.2) is 41.6 Å². The maximum absolute atomic E-state index is 12.7. The quantitative estimate of drug-likeness (QED) is 0.486. The third-order valence-corrected chi connectivity index (χ3v) is 4.87. The van der Waals surface area contributed by atoms with Crippen LogP contribution in [0.25, 0.3) is 5.76 Å². The molecule has 1 atom stereocenters. The molecule has 29 heavy (non-hydrogen) atoms. The summed E-state index contributed by atoms with van der Waals surface area (Å²) in [7, 11) is 1.54. The second kappa shape index (κ2) is 7.16. The van der Waals surface area contributed by atoms with E-state index in [0.717, 1.165) is 0 Å². The number of nitrogens with zero attached hydrogens (tertiary/aromatic N) is 1. The number of ketones is 1. The molecule has 2 aliphatic heterocycles. The molecule has 4 rings (SSSR count). The standard InChI is InChI=1S/C22H21NO6/c1-12(2)29-15-6-4-5-13(9-15)19-18(21(25)22(26)23(19)3)20(24)14-7-8-16-17(10-14)28-11-27-16/h4-10,12,19,24H,11H2,1-3H3/b20-18+. The summed E-state index contributed by atoms with van der Waals surface area (Å²) in [6.45, 7) is 3.93. The van der Waals surface area contributed by atoms with Gasteiger partial charge in [0.05, 0.1) is 17.7 Å². The molecule has 150 valence electrons. The van der Waals surface area contributed by atoms with Crippen LogP contribution in [-0.2, 0) is 9.59 Å². The minimum absolute atomic E-state index is 0.0214. The number of ether oxygens (including phenoxy) is 3. The molecule has 0 aliphatic carbocycles. The first-order valence-corrected chi connectivity index (χ1v) is 9.28. The van der Waals surface area contributed by atoms with Crippen molar-refractivity contribution in [3.8, 4) is 17.2 Å². The molecular formula is C22H21NO6. The van der Waals surface area contributed by atoms with Crippen LogP contribution in [0.5, 0.6) is 17.2 Å². The predicted molar refractivity (Wildman–Crippen MR) is 105 cm³/mol. The number of likely N-dealkylation sites (tertiary alicyclic amines) is 1. The Labute approximate surface area is 168 Å². The van der Waals surface area contributed by atoms with Gasteiger partial charge in [-0.2, -0.15) is 0 Å². The monoisotopic (exact) mass is 395 g/mol. The molecule has 1 fully saturated rings. The summed E-state index contributed by atoms with van der Waals surface area (Å²) in [5.41, 5.74) is 1.07. The fourth-order valence-corrected chi connectivity index (χ4v) is 3.57. The van der Waals surface area contributed by atoms with E-state index in [4.69, 9.17) is 14.2 Å². The number of Topliss-reactive ketones (excluding diaryl/α,β-unsaturated/α-hetero) is 1. The summed E-state index contributed by atoms with van der Waals surface area (Å²) in [5.74, 6) is -0.00245. The first kappa shape index (κ1) is 18.9. The third kappa shape index (κ3) is 3.29. The highest BCUT2D eigenvalue weighted by molar-refractivity contribution is 6.46. The van der Waals surface area contributed by atoms with Crippen molar-refractivity contribution in [2.45, 2.75) is 26.0 Å². The zero-order valence-electron chi connectivity index (χ0n) is 16.3. The van der Waals surface area contributed by atoms with Crippen LogP contribution in [0.3, 0.4) is 0 Å². The van der Waals surface area contributed by atoms with Crippen molar-refractivity contribution in [2.24, 2.45) is 0 Å². The number of amides is 1. The summed E-state index contributed by atoms with van der Waals surface area (Å²) in [5, 5.41) is 11.0. The number of aliphatic hydroxyl groups is 1. The fraction of sp³-hybridized carbons (Fsp3) is 0.273. The summed E-state index contributed by atoms with van der Waals surface area (Å²) in [6.07, 6.45) is -0.0214. The van der Waals surface area contributed by atoms with Gasteiger partial charge >= 0.3 is 0 Å². The van der Waals surface area contributed by atoms with Crippen molar-refractivity contribution < 1.29 is 28.9 Å². The molecule has 2 aliphatic rings. The fourth-order valence-electron chi connectivity index (χ4n) is 3.57. The summed E-state index contributed by atoms with van der Waals surface area (Å²) >= 11 is 0. The van der Waals surface area contributed by atoms with Gasteiger partial charge in [-0.15, -0.1) is 0 Å². The van der Waals surface area contributed by atoms with Gasteiger partial charge < -0.3 is 24.2 Å². The van der Waals surface area contributed by atoms with Crippen molar-refractivity contribution >= 4 is 17.4 Å². The molecule has 0 spiro atoms. The van der Waals surface area contributed by atoms with Gasteiger partial charge in [0, 0.05) is 12.6 Å². The lowest BCUT2D eigenvalue weighted by Crippen LogP contribution is -2.24. The van der Waals surface area contributed by atoms with E-state index in [9.17, 15) is 14.7 Å². The van der Waals surface area contributed by atoms with Crippen molar-refractivity contribution in [2.75, 3.05) is 13.8 Å². The average molecular weight is 395 g/mol. The van der Waals surface area contributed by atoms with Crippen LogP contribution in [0.2, 0.25) is 0 Å². The Morgan fingerprint density at radius 3 is 2.66 bits per heavy atom. The zero-order chi connectivity index (χ0) is 20.7. The van der Waals surface area contributed by atoms with Crippen LogP contribution in [0.1, 0.15) is 31.0 Å². The zero-order valence-corrected chi connectivity index (χ0v) is 16.3. The minimum atomic E-state index is -0.733. The number of hydrogen-bond donors (Lipinski definition) is 1. The first-order chi connectivity index (χ1) is 13.9. The molecule has 2 aromatic rings. The molecule has 0 radical (unpaired) electrons. The molecule has 0 aromatic heterocycles.